The van der Waals surface area contributed by atoms with Crippen LogP contribution in [0, 0.1) is 0 Å². The van der Waals surface area contributed by atoms with Gasteiger partial charge in [-0.05, 0) is 18.4 Å². The summed E-state index contributed by atoms with van der Waals surface area (Å²) >= 11 is 0. The molecular formula is C14H27N3O. The first-order valence-corrected chi connectivity index (χ1v) is 6.71. The van der Waals surface area contributed by atoms with Crippen molar-refractivity contribution in [1.29, 1.82) is 0 Å². The van der Waals surface area contributed by atoms with Gasteiger partial charge in [-0.25, -0.2) is 0 Å². The first kappa shape index (κ1) is 15.2. The molecule has 0 saturated heterocycles. The Morgan fingerprint density at radius 3 is 2.50 bits per heavy atom. The SMILES string of the molecule is CCC(N)C(CCO)c1cn(C)nc1C(C)(C)C. The lowest BCUT2D eigenvalue weighted by molar-refractivity contribution is 0.265. The molecule has 18 heavy (non-hydrogen) atoms. The van der Waals surface area contributed by atoms with Gasteiger partial charge in [-0.15, -0.1) is 0 Å². The van der Waals surface area contributed by atoms with Gasteiger partial charge in [0, 0.05) is 37.2 Å². The minimum Gasteiger partial charge on any atom is -0.396 e. The fourth-order valence-electron chi connectivity index (χ4n) is 2.38. The van der Waals surface area contributed by atoms with Gasteiger partial charge in [0.25, 0.3) is 0 Å². The molecule has 3 N–H and O–H groups in total. The Bertz CT molecular complexity index is 379. The highest BCUT2D eigenvalue weighted by Gasteiger charge is 2.28. The number of aryl methyl sites for hydroxylation is 1. The van der Waals surface area contributed by atoms with Crippen molar-refractivity contribution in [2.24, 2.45) is 12.8 Å². The highest BCUT2D eigenvalue weighted by molar-refractivity contribution is 5.29. The normalized spacial score (nSPS) is 15.7. The third kappa shape index (κ3) is 3.33. The molecule has 0 amide bonds. The second-order valence-electron chi connectivity index (χ2n) is 6.05. The van der Waals surface area contributed by atoms with Crippen LogP contribution in [0.3, 0.4) is 0 Å². The van der Waals surface area contributed by atoms with Crippen LogP contribution in [0.4, 0.5) is 0 Å². The number of aliphatic hydroxyl groups is 1. The van der Waals surface area contributed by atoms with Crippen LogP contribution in [-0.4, -0.2) is 27.5 Å². The highest BCUT2D eigenvalue weighted by atomic mass is 16.3. The molecule has 0 aliphatic carbocycles. The van der Waals surface area contributed by atoms with E-state index in [0.29, 0.717) is 6.42 Å². The summed E-state index contributed by atoms with van der Waals surface area (Å²) in [6, 6.07) is 0.0717. The Hall–Kier alpha value is -0.870. The zero-order valence-corrected chi connectivity index (χ0v) is 12.3. The van der Waals surface area contributed by atoms with Crippen molar-refractivity contribution >= 4 is 0 Å². The van der Waals surface area contributed by atoms with E-state index >= 15 is 0 Å². The van der Waals surface area contributed by atoms with Gasteiger partial charge in [0.15, 0.2) is 0 Å². The average Bonchev–Trinajstić information content (AvgIpc) is 2.66. The molecule has 1 heterocycles. The maximum atomic E-state index is 9.26. The summed E-state index contributed by atoms with van der Waals surface area (Å²) in [6.45, 7) is 8.73. The first-order chi connectivity index (χ1) is 8.31. The van der Waals surface area contributed by atoms with Gasteiger partial charge in [0.2, 0.25) is 0 Å². The number of nitrogens with zero attached hydrogens (tertiary/aromatic N) is 2. The Morgan fingerprint density at radius 1 is 1.44 bits per heavy atom. The highest BCUT2D eigenvalue weighted by Crippen LogP contribution is 2.33. The molecule has 0 aliphatic heterocycles. The van der Waals surface area contributed by atoms with E-state index in [1.807, 2.05) is 11.7 Å². The summed E-state index contributed by atoms with van der Waals surface area (Å²) in [5, 5.41) is 13.8. The van der Waals surface area contributed by atoms with Crippen LogP contribution < -0.4 is 5.73 Å². The summed E-state index contributed by atoms with van der Waals surface area (Å²) < 4.78 is 1.85. The molecule has 0 spiro atoms. The van der Waals surface area contributed by atoms with Crippen LogP contribution in [0.15, 0.2) is 6.20 Å². The van der Waals surface area contributed by atoms with Gasteiger partial charge in [0.1, 0.15) is 0 Å². The fraction of sp³-hybridized carbons (Fsp3) is 0.786. The maximum absolute atomic E-state index is 9.26. The van der Waals surface area contributed by atoms with Crippen molar-refractivity contribution in [3.05, 3.63) is 17.5 Å². The molecule has 2 atom stereocenters. The Balaban J connectivity index is 3.19. The Kier molecular flexibility index (Phi) is 4.93. The summed E-state index contributed by atoms with van der Waals surface area (Å²) in [4.78, 5) is 0. The minimum atomic E-state index is -0.00222. The zero-order valence-electron chi connectivity index (χ0n) is 12.3. The van der Waals surface area contributed by atoms with E-state index in [1.165, 1.54) is 5.56 Å². The summed E-state index contributed by atoms with van der Waals surface area (Å²) in [6.07, 6.45) is 3.66. The van der Waals surface area contributed by atoms with Crippen molar-refractivity contribution in [1.82, 2.24) is 9.78 Å². The van der Waals surface area contributed by atoms with Gasteiger partial charge in [-0.1, -0.05) is 27.7 Å². The lowest BCUT2D eigenvalue weighted by Crippen LogP contribution is -2.30. The van der Waals surface area contributed by atoms with E-state index in [4.69, 9.17) is 5.73 Å². The van der Waals surface area contributed by atoms with Gasteiger partial charge in [0.05, 0.1) is 5.69 Å². The van der Waals surface area contributed by atoms with Gasteiger partial charge >= 0.3 is 0 Å². The molecule has 0 radical (unpaired) electrons. The van der Waals surface area contributed by atoms with Crippen LogP contribution in [0.1, 0.15) is 57.7 Å². The molecule has 0 bridgehead atoms. The molecule has 0 saturated carbocycles. The van der Waals surface area contributed by atoms with Crippen LogP contribution in [-0.2, 0) is 12.5 Å². The largest absolute Gasteiger partial charge is 0.396 e. The van der Waals surface area contributed by atoms with Gasteiger partial charge in [-0.3, -0.25) is 4.68 Å². The van der Waals surface area contributed by atoms with Gasteiger partial charge < -0.3 is 10.8 Å². The molecule has 1 aromatic rings. The summed E-state index contributed by atoms with van der Waals surface area (Å²) in [5.74, 6) is 0.183. The van der Waals surface area contributed by atoms with Crippen molar-refractivity contribution in [3.63, 3.8) is 0 Å². The molecule has 104 valence electrons. The van der Waals surface area contributed by atoms with Crippen molar-refractivity contribution in [2.75, 3.05) is 6.61 Å². The standard InChI is InChI=1S/C14H27N3O/c1-6-12(15)10(7-8-18)11-9-17(5)16-13(11)14(2,3)4/h9-10,12,18H,6-8,15H2,1-5H3. The minimum absolute atomic E-state index is 0.00222. The lowest BCUT2D eigenvalue weighted by atomic mass is 9.81. The Labute approximate surface area is 110 Å². The Morgan fingerprint density at radius 2 is 2.06 bits per heavy atom. The van der Waals surface area contributed by atoms with Crippen LogP contribution in [0.25, 0.3) is 0 Å². The van der Waals surface area contributed by atoms with Crippen LogP contribution in [0.2, 0.25) is 0 Å². The molecule has 4 nitrogen and oxygen atoms in total. The predicted molar refractivity (Wildman–Crippen MR) is 74.6 cm³/mol. The molecule has 0 fully saturated rings. The number of hydrogen-bond acceptors (Lipinski definition) is 3. The number of nitrogens with two attached hydrogens (primary N) is 1. The van der Waals surface area contributed by atoms with E-state index in [-0.39, 0.29) is 24.0 Å². The molecule has 4 heteroatoms. The third-order valence-corrected chi connectivity index (χ3v) is 3.40. The van der Waals surface area contributed by atoms with Crippen molar-refractivity contribution < 1.29 is 5.11 Å². The second-order valence-corrected chi connectivity index (χ2v) is 6.05. The average molecular weight is 253 g/mol. The maximum Gasteiger partial charge on any atom is 0.0713 e. The summed E-state index contributed by atoms with van der Waals surface area (Å²) in [5.41, 5.74) is 8.48. The molecule has 2 unspecified atom stereocenters. The number of aliphatic hydroxyl groups excluding tert-OH is 1. The third-order valence-electron chi connectivity index (χ3n) is 3.40. The fourth-order valence-corrected chi connectivity index (χ4v) is 2.38. The number of rotatable bonds is 5. The topological polar surface area (TPSA) is 64.1 Å². The van der Waals surface area contributed by atoms with Crippen LogP contribution >= 0.6 is 0 Å². The van der Waals surface area contributed by atoms with E-state index in [9.17, 15) is 5.11 Å². The zero-order chi connectivity index (χ0) is 13.9. The number of aromatic nitrogens is 2. The molecule has 1 rings (SSSR count). The van der Waals surface area contributed by atoms with Crippen molar-refractivity contribution in [3.8, 4) is 0 Å². The molecule has 1 aromatic heterocycles. The smallest absolute Gasteiger partial charge is 0.0713 e. The predicted octanol–water partition coefficient (Wildman–Crippen LogP) is 1.92. The molecule has 0 aromatic carbocycles. The van der Waals surface area contributed by atoms with E-state index in [0.717, 1.165) is 12.1 Å². The summed E-state index contributed by atoms with van der Waals surface area (Å²) in [7, 11) is 1.94. The molecular weight excluding hydrogens is 226 g/mol. The van der Waals surface area contributed by atoms with Crippen LogP contribution in [0.5, 0.6) is 0 Å². The number of hydrogen-bond donors (Lipinski definition) is 2. The molecule has 0 aliphatic rings. The monoisotopic (exact) mass is 253 g/mol. The first-order valence-electron chi connectivity index (χ1n) is 6.71. The quantitative estimate of drug-likeness (QED) is 0.842. The van der Waals surface area contributed by atoms with E-state index < -0.39 is 0 Å². The van der Waals surface area contributed by atoms with E-state index in [2.05, 4.69) is 39.0 Å². The second kappa shape index (κ2) is 5.85. The van der Waals surface area contributed by atoms with Crippen molar-refractivity contribution in [2.45, 2.75) is 57.9 Å². The lowest BCUT2D eigenvalue weighted by Gasteiger charge is -2.26. The van der Waals surface area contributed by atoms with E-state index in [1.54, 1.807) is 0 Å². The van der Waals surface area contributed by atoms with Gasteiger partial charge in [-0.2, -0.15) is 5.10 Å².